The van der Waals surface area contributed by atoms with E-state index in [1.165, 1.54) is 0 Å². The zero-order valence-corrected chi connectivity index (χ0v) is 12.7. The summed E-state index contributed by atoms with van der Waals surface area (Å²) in [7, 11) is -1.91. The van der Waals surface area contributed by atoms with Crippen LogP contribution in [-0.2, 0) is 10.0 Å². The van der Waals surface area contributed by atoms with Crippen LogP contribution >= 0.6 is 0 Å². The molecule has 0 aromatic heterocycles. The van der Waals surface area contributed by atoms with Crippen LogP contribution in [0.25, 0.3) is 0 Å². The Kier molecular flexibility index (Phi) is 5.01. The summed E-state index contributed by atoms with van der Waals surface area (Å²) in [6.07, 6.45) is 2.15. The second kappa shape index (κ2) is 6.56. The Labute approximate surface area is 120 Å². The van der Waals surface area contributed by atoms with Gasteiger partial charge in [-0.15, -0.1) is 0 Å². The molecule has 1 saturated heterocycles. The summed E-state index contributed by atoms with van der Waals surface area (Å²) in [6, 6.07) is 6.36. The van der Waals surface area contributed by atoms with Gasteiger partial charge in [-0.2, -0.15) is 0 Å². The number of nitrogens with one attached hydrogen (secondary N) is 2. The monoisotopic (exact) mass is 298 g/mol. The first kappa shape index (κ1) is 15.3. The van der Waals surface area contributed by atoms with Gasteiger partial charge in [0.1, 0.15) is 5.75 Å². The minimum Gasteiger partial charge on any atom is -0.497 e. The fourth-order valence-corrected chi connectivity index (χ4v) is 3.78. The lowest BCUT2D eigenvalue weighted by Gasteiger charge is -2.28. The van der Waals surface area contributed by atoms with E-state index in [1.807, 2.05) is 6.92 Å². The summed E-state index contributed by atoms with van der Waals surface area (Å²) in [6.45, 7) is 3.82. The third-order valence-electron chi connectivity index (χ3n) is 3.75. The topological polar surface area (TPSA) is 67.4 Å². The molecule has 2 N–H and O–H groups in total. The lowest BCUT2D eigenvalue weighted by atomic mass is 9.94. The molecule has 0 radical (unpaired) electrons. The second-order valence-electron chi connectivity index (χ2n) is 5.19. The molecule has 1 aromatic carbocycles. The van der Waals surface area contributed by atoms with Gasteiger partial charge in [0.05, 0.1) is 12.0 Å². The maximum absolute atomic E-state index is 12.3. The lowest BCUT2D eigenvalue weighted by Crippen LogP contribution is -2.44. The number of piperidine rings is 1. The number of rotatable bonds is 5. The Morgan fingerprint density at radius 2 is 2.05 bits per heavy atom. The van der Waals surface area contributed by atoms with Crippen LogP contribution < -0.4 is 14.8 Å². The summed E-state index contributed by atoms with van der Waals surface area (Å²) in [4.78, 5) is 0.272. The van der Waals surface area contributed by atoms with Gasteiger partial charge in [-0.3, -0.25) is 0 Å². The number of methoxy groups -OCH3 is 1. The normalized spacial score (nSPS) is 21.4. The maximum atomic E-state index is 12.3. The second-order valence-corrected chi connectivity index (χ2v) is 6.91. The molecule has 1 aliphatic rings. The molecule has 0 amide bonds. The molecule has 112 valence electrons. The van der Waals surface area contributed by atoms with Crippen molar-refractivity contribution in [2.24, 2.45) is 5.92 Å². The zero-order valence-electron chi connectivity index (χ0n) is 11.9. The van der Waals surface area contributed by atoms with Gasteiger partial charge in [0.2, 0.25) is 10.0 Å². The van der Waals surface area contributed by atoms with Crippen LogP contribution in [0.3, 0.4) is 0 Å². The number of hydrogen-bond donors (Lipinski definition) is 2. The van der Waals surface area contributed by atoms with E-state index in [1.54, 1.807) is 31.4 Å². The predicted octanol–water partition coefficient (Wildman–Crippen LogP) is 1.36. The Hall–Kier alpha value is -1.11. The number of hydrogen-bond acceptors (Lipinski definition) is 4. The fraction of sp³-hybridized carbons (Fsp3) is 0.571. The molecule has 2 unspecified atom stereocenters. The Bertz CT molecular complexity index is 522. The van der Waals surface area contributed by atoms with Crippen LogP contribution in [0.4, 0.5) is 0 Å². The van der Waals surface area contributed by atoms with E-state index >= 15 is 0 Å². The Morgan fingerprint density at radius 3 is 2.60 bits per heavy atom. The van der Waals surface area contributed by atoms with Crippen molar-refractivity contribution in [2.75, 3.05) is 20.2 Å². The first-order chi connectivity index (χ1) is 9.53. The van der Waals surface area contributed by atoms with E-state index in [9.17, 15) is 8.42 Å². The first-order valence-corrected chi connectivity index (χ1v) is 8.38. The van der Waals surface area contributed by atoms with Gasteiger partial charge >= 0.3 is 0 Å². The van der Waals surface area contributed by atoms with Crippen LogP contribution in [0.1, 0.15) is 19.8 Å². The van der Waals surface area contributed by atoms with Crippen LogP contribution in [0.5, 0.6) is 5.75 Å². The van der Waals surface area contributed by atoms with Crippen LogP contribution in [0.15, 0.2) is 29.2 Å². The molecule has 1 aliphatic heterocycles. The molecule has 1 aromatic rings. The summed E-state index contributed by atoms with van der Waals surface area (Å²) < 4.78 is 32.4. The van der Waals surface area contributed by atoms with E-state index in [-0.39, 0.29) is 10.9 Å². The van der Waals surface area contributed by atoms with E-state index < -0.39 is 10.0 Å². The number of sulfonamides is 1. The zero-order chi connectivity index (χ0) is 14.6. The average Bonchev–Trinajstić information content (AvgIpc) is 2.48. The highest BCUT2D eigenvalue weighted by Gasteiger charge is 2.24. The largest absolute Gasteiger partial charge is 0.497 e. The average molecular weight is 298 g/mol. The van der Waals surface area contributed by atoms with Gasteiger partial charge < -0.3 is 10.1 Å². The van der Waals surface area contributed by atoms with Crippen molar-refractivity contribution in [3.63, 3.8) is 0 Å². The van der Waals surface area contributed by atoms with Crippen LogP contribution in [-0.4, -0.2) is 34.7 Å². The molecule has 1 fully saturated rings. The van der Waals surface area contributed by atoms with Gasteiger partial charge in [-0.05, 0) is 63.0 Å². The molecule has 0 aliphatic carbocycles. The highest BCUT2D eigenvalue weighted by atomic mass is 32.2. The minimum atomic E-state index is -3.47. The van der Waals surface area contributed by atoms with Crippen molar-refractivity contribution in [1.29, 1.82) is 0 Å². The minimum absolute atomic E-state index is 0.0742. The van der Waals surface area contributed by atoms with Gasteiger partial charge in [-0.25, -0.2) is 13.1 Å². The van der Waals surface area contributed by atoms with Crippen molar-refractivity contribution >= 4 is 10.0 Å². The molecule has 20 heavy (non-hydrogen) atoms. The third-order valence-corrected chi connectivity index (χ3v) is 5.33. The molecular formula is C14H22N2O3S. The summed E-state index contributed by atoms with van der Waals surface area (Å²) >= 11 is 0. The predicted molar refractivity (Wildman–Crippen MR) is 78.4 cm³/mol. The molecule has 2 atom stereocenters. The molecule has 2 rings (SSSR count). The van der Waals surface area contributed by atoms with E-state index in [0.717, 1.165) is 25.9 Å². The van der Waals surface area contributed by atoms with Gasteiger partial charge in [0.15, 0.2) is 0 Å². The SMILES string of the molecule is COc1ccc(S(=O)(=O)NC(C)C2CCCNC2)cc1. The van der Waals surface area contributed by atoms with E-state index in [4.69, 9.17) is 4.74 Å². The quantitative estimate of drug-likeness (QED) is 0.861. The first-order valence-electron chi connectivity index (χ1n) is 6.90. The molecule has 5 nitrogen and oxygen atoms in total. The Morgan fingerprint density at radius 1 is 1.35 bits per heavy atom. The lowest BCUT2D eigenvalue weighted by molar-refractivity contribution is 0.320. The summed E-state index contributed by atoms with van der Waals surface area (Å²) in [5.74, 6) is 0.991. The van der Waals surface area contributed by atoms with Crippen molar-refractivity contribution in [1.82, 2.24) is 10.0 Å². The molecular weight excluding hydrogens is 276 g/mol. The molecule has 1 heterocycles. The maximum Gasteiger partial charge on any atom is 0.240 e. The number of ether oxygens (including phenoxy) is 1. The van der Waals surface area contributed by atoms with E-state index in [0.29, 0.717) is 11.7 Å². The highest BCUT2D eigenvalue weighted by Crippen LogP contribution is 2.19. The molecule has 0 spiro atoms. The van der Waals surface area contributed by atoms with Crippen molar-refractivity contribution < 1.29 is 13.2 Å². The summed E-state index contributed by atoms with van der Waals surface area (Å²) in [5.41, 5.74) is 0. The van der Waals surface area contributed by atoms with Crippen LogP contribution in [0.2, 0.25) is 0 Å². The summed E-state index contributed by atoms with van der Waals surface area (Å²) in [5, 5.41) is 3.30. The smallest absolute Gasteiger partial charge is 0.240 e. The van der Waals surface area contributed by atoms with Crippen molar-refractivity contribution in [3.05, 3.63) is 24.3 Å². The molecule has 0 saturated carbocycles. The molecule has 0 bridgehead atoms. The highest BCUT2D eigenvalue weighted by molar-refractivity contribution is 7.89. The fourth-order valence-electron chi connectivity index (χ4n) is 2.47. The van der Waals surface area contributed by atoms with E-state index in [2.05, 4.69) is 10.0 Å². The third kappa shape index (κ3) is 3.71. The molecule has 6 heteroatoms. The van der Waals surface area contributed by atoms with Gasteiger partial charge in [0, 0.05) is 6.04 Å². The standard InChI is InChI=1S/C14H22N2O3S/c1-11(12-4-3-9-15-10-12)16-20(17,18)14-7-5-13(19-2)6-8-14/h5-8,11-12,15-16H,3-4,9-10H2,1-2H3. The van der Waals surface area contributed by atoms with Crippen molar-refractivity contribution in [3.8, 4) is 5.75 Å². The van der Waals surface area contributed by atoms with Gasteiger partial charge in [0.25, 0.3) is 0 Å². The van der Waals surface area contributed by atoms with Crippen LogP contribution in [0, 0.1) is 5.92 Å². The Balaban J connectivity index is 2.05. The number of benzene rings is 1. The van der Waals surface area contributed by atoms with Crippen molar-refractivity contribution in [2.45, 2.75) is 30.7 Å². The van der Waals surface area contributed by atoms with Gasteiger partial charge in [-0.1, -0.05) is 0 Å².